The zero-order chi connectivity index (χ0) is 16.4. The predicted octanol–water partition coefficient (Wildman–Crippen LogP) is 3.16. The topological polar surface area (TPSA) is 50.8 Å². The molecule has 1 heterocycles. The van der Waals surface area contributed by atoms with Crippen LogP contribution in [0.5, 0.6) is 0 Å². The van der Waals surface area contributed by atoms with Crippen LogP contribution in [0.4, 0.5) is 0 Å². The van der Waals surface area contributed by atoms with Gasteiger partial charge in [0, 0.05) is 18.8 Å². The molecule has 4 nitrogen and oxygen atoms in total. The van der Waals surface area contributed by atoms with Crippen molar-refractivity contribution >= 4 is 5.78 Å². The second kappa shape index (κ2) is 6.08. The molecule has 0 aliphatic heterocycles. The van der Waals surface area contributed by atoms with E-state index in [2.05, 4.69) is 0 Å². The van der Waals surface area contributed by atoms with Gasteiger partial charge in [-0.05, 0) is 12.5 Å². The summed E-state index contributed by atoms with van der Waals surface area (Å²) < 4.78 is 3.48. The van der Waals surface area contributed by atoms with Gasteiger partial charge in [-0.2, -0.15) is 0 Å². The van der Waals surface area contributed by atoms with Gasteiger partial charge in [0.1, 0.15) is 0 Å². The second-order valence-electron chi connectivity index (χ2n) is 5.68. The largest absolute Gasteiger partial charge is 0.314 e. The van der Waals surface area contributed by atoms with E-state index >= 15 is 0 Å². The molecule has 0 saturated carbocycles. The first-order valence-electron chi connectivity index (χ1n) is 7.52. The maximum Gasteiger partial charge on any atom is 0.202 e. The predicted molar refractivity (Wildman–Crippen MR) is 90.2 cm³/mol. The van der Waals surface area contributed by atoms with E-state index in [0.29, 0.717) is 11.2 Å². The Labute approximate surface area is 135 Å². The molecule has 2 aromatic carbocycles. The molecular weight excluding hydrogens is 286 g/mol. The van der Waals surface area contributed by atoms with E-state index in [1.54, 1.807) is 21.3 Å². The van der Waals surface area contributed by atoms with E-state index in [4.69, 9.17) is 5.41 Å². The maximum absolute atomic E-state index is 12.4. The summed E-state index contributed by atoms with van der Waals surface area (Å²) in [6.45, 7) is 2.21. The second-order valence-corrected chi connectivity index (χ2v) is 5.68. The third-order valence-corrected chi connectivity index (χ3v) is 3.99. The number of carbonyl (C=O) groups is 1. The fraction of sp³-hybridized carbons (Fsp3) is 0.158. The summed E-state index contributed by atoms with van der Waals surface area (Å²) >= 11 is 0. The summed E-state index contributed by atoms with van der Waals surface area (Å²) in [5.74, 6) is 0.00477. The smallest absolute Gasteiger partial charge is 0.202 e. The van der Waals surface area contributed by atoms with Crippen LogP contribution in [0.3, 0.4) is 0 Å². The van der Waals surface area contributed by atoms with Crippen molar-refractivity contribution in [2.24, 2.45) is 7.05 Å². The number of benzene rings is 2. The first-order valence-corrected chi connectivity index (χ1v) is 7.52. The maximum atomic E-state index is 12.4. The van der Waals surface area contributed by atoms with Crippen molar-refractivity contribution in [3.8, 4) is 11.3 Å². The fourth-order valence-electron chi connectivity index (χ4n) is 2.59. The number of imidazole rings is 1. The Morgan fingerprint density at radius 1 is 1.04 bits per heavy atom. The summed E-state index contributed by atoms with van der Waals surface area (Å²) in [5.41, 5.74) is 4.14. The molecule has 0 spiro atoms. The van der Waals surface area contributed by atoms with Crippen molar-refractivity contribution in [3.63, 3.8) is 0 Å². The molecule has 0 amide bonds. The summed E-state index contributed by atoms with van der Waals surface area (Å²) in [5, 5.41) is 8.24. The van der Waals surface area contributed by atoms with Crippen LogP contribution in [0.15, 0.2) is 60.8 Å². The Bertz CT molecular complexity index is 887. The number of nitrogens with zero attached hydrogens (tertiary/aromatic N) is 2. The van der Waals surface area contributed by atoms with E-state index in [9.17, 15) is 4.79 Å². The van der Waals surface area contributed by atoms with Crippen molar-refractivity contribution in [2.75, 3.05) is 0 Å². The highest BCUT2D eigenvalue weighted by Crippen LogP contribution is 2.18. The Balaban J connectivity index is 1.93. The Kier molecular flexibility index (Phi) is 3.98. The summed E-state index contributed by atoms with van der Waals surface area (Å²) in [4.78, 5) is 12.4. The van der Waals surface area contributed by atoms with Crippen LogP contribution >= 0.6 is 0 Å². The Morgan fingerprint density at radius 3 is 2.35 bits per heavy atom. The lowest BCUT2D eigenvalue weighted by Crippen LogP contribution is -2.25. The molecule has 0 unspecified atom stereocenters. The quantitative estimate of drug-likeness (QED) is 0.740. The number of Topliss-reactive ketones (excluding diaryl/α,β-unsaturated/α-hetero) is 1. The molecule has 0 atom stereocenters. The van der Waals surface area contributed by atoms with E-state index < -0.39 is 0 Å². The van der Waals surface area contributed by atoms with Gasteiger partial charge >= 0.3 is 0 Å². The van der Waals surface area contributed by atoms with E-state index in [1.807, 2.05) is 62.6 Å². The van der Waals surface area contributed by atoms with Crippen molar-refractivity contribution in [3.05, 3.63) is 77.5 Å². The molecule has 1 N–H and O–H groups in total. The molecule has 0 bridgehead atoms. The third-order valence-electron chi connectivity index (χ3n) is 3.99. The highest BCUT2D eigenvalue weighted by Gasteiger charge is 2.12. The van der Waals surface area contributed by atoms with Gasteiger partial charge in [-0.25, -0.2) is 0 Å². The van der Waals surface area contributed by atoms with Gasteiger partial charge in [-0.1, -0.05) is 60.2 Å². The molecule has 116 valence electrons. The van der Waals surface area contributed by atoms with E-state index in [1.165, 1.54) is 5.56 Å². The molecule has 4 heteroatoms. The van der Waals surface area contributed by atoms with E-state index in [0.717, 1.165) is 11.3 Å². The lowest BCUT2D eigenvalue weighted by atomic mass is 10.1. The van der Waals surface area contributed by atoms with Gasteiger partial charge in [0.2, 0.25) is 5.62 Å². The Hall–Kier alpha value is -2.88. The minimum atomic E-state index is 0.00477. The SMILES string of the molecule is Cc1ccc(-c2cn(CC(=O)c3ccccc3)c(=N)n2C)cc1. The summed E-state index contributed by atoms with van der Waals surface area (Å²) in [6, 6.07) is 17.4. The van der Waals surface area contributed by atoms with Crippen LogP contribution in [0.2, 0.25) is 0 Å². The lowest BCUT2D eigenvalue weighted by molar-refractivity contribution is 0.0970. The standard InChI is InChI=1S/C19H19N3O/c1-14-8-10-15(11-9-14)17-12-22(19(20)21(17)2)13-18(23)16-6-4-3-5-7-16/h3-12,20H,13H2,1-2H3. The zero-order valence-electron chi connectivity index (χ0n) is 13.3. The molecule has 23 heavy (non-hydrogen) atoms. The van der Waals surface area contributed by atoms with Crippen LogP contribution in [-0.2, 0) is 13.6 Å². The fourth-order valence-corrected chi connectivity index (χ4v) is 2.59. The average molecular weight is 305 g/mol. The normalized spacial score (nSPS) is 10.7. The number of nitrogens with one attached hydrogen (secondary N) is 1. The molecule has 0 radical (unpaired) electrons. The first kappa shape index (κ1) is 15.0. The minimum absolute atomic E-state index is 0.00477. The average Bonchev–Trinajstić information content (AvgIpc) is 2.85. The van der Waals surface area contributed by atoms with Gasteiger partial charge in [0.05, 0.1) is 12.2 Å². The molecule has 3 aromatic rings. The highest BCUT2D eigenvalue weighted by molar-refractivity contribution is 5.95. The summed E-state index contributed by atoms with van der Waals surface area (Å²) in [7, 11) is 1.85. The van der Waals surface area contributed by atoms with Crippen molar-refractivity contribution in [1.29, 1.82) is 5.41 Å². The number of ketones is 1. The molecular formula is C19H19N3O. The number of hydrogen-bond acceptors (Lipinski definition) is 2. The Morgan fingerprint density at radius 2 is 1.70 bits per heavy atom. The lowest BCUT2D eigenvalue weighted by Gasteiger charge is -2.02. The van der Waals surface area contributed by atoms with Crippen LogP contribution in [0.1, 0.15) is 15.9 Å². The number of rotatable bonds is 4. The van der Waals surface area contributed by atoms with E-state index in [-0.39, 0.29) is 12.3 Å². The first-order chi connectivity index (χ1) is 11.1. The minimum Gasteiger partial charge on any atom is -0.314 e. The van der Waals surface area contributed by atoms with Crippen molar-refractivity contribution in [2.45, 2.75) is 13.5 Å². The van der Waals surface area contributed by atoms with Gasteiger partial charge in [0.25, 0.3) is 0 Å². The monoisotopic (exact) mass is 305 g/mol. The molecule has 0 aliphatic carbocycles. The molecule has 0 saturated heterocycles. The van der Waals surface area contributed by atoms with Crippen LogP contribution in [-0.4, -0.2) is 14.9 Å². The van der Waals surface area contributed by atoms with Crippen LogP contribution < -0.4 is 5.62 Å². The van der Waals surface area contributed by atoms with Crippen LogP contribution in [0, 0.1) is 12.3 Å². The third kappa shape index (κ3) is 3.01. The van der Waals surface area contributed by atoms with Gasteiger partial charge in [-0.3, -0.25) is 10.2 Å². The van der Waals surface area contributed by atoms with Gasteiger partial charge in [-0.15, -0.1) is 0 Å². The molecule has 3 rings (SSSR count). The van der Waals surface area contributed by atoms with Crippen molar-refractivity contribution < 1.29 is 4.79 Å². The highest BCUT2D eigenvalue weighted by atomic mass is 16.1. The van der Waals surface area contributed by atoms with Crippen LogP contribution in [0.25, 0.3) is 11.3 Å². The molecule has 0 fully saturated rings. The number of aromatic nitrogens is 2. The summed E-state index contributed by atoms with van der Waals surface area (Å²) in [6.07, 6.45) is 1.87. The molecule has 1 aromatic heterocycles. The van der Waals surface area contributed by atoms with Gasteiger partial charge < -0.3 is 9.13 Å². The number of aryl methyl sites for hydroxylation is 1. The zero-order valence-corrected chi connectivity index (χ0v) is 13.3. The molecule has 0 aliphatic rings. The van der Waals surface area contributed by atoms with Crippen molar-refractivity contribution in [1.82, 2.24) is 9.13 Å². The number of carbonyl (C=O) groups excluding carboxylic acids is 1. The number of hydrogen-bond donors (Lipinski definition) is 1. The van der Waals surface area contributed by atoms with Gasteiger partial charge in [0.15, 0.2) is 5.78 Å².